The minimum absolute atomic E-state index is 0.232. The van der Waals surface area contributed by atoms with Crippen molar-refractivity contribution in [3.63, 3.8) is 0 Å². The molecule has 1 N–H and O–H groups in total. The largest absolute Gasteiger partial charge is 0.309 e. The molecule has 6 heteroatoms. The summed E-state index contributed by atoms with van der Waals surface area (Å²) in [7, 11) is 0. The van der Waals surface area contributed by atoms with Crippen LogP contribution in [0.1, 0.15) is 36.3 Å². The molecule has 0 aliphatic heterocycles. The van der Waals surface area contributed by atoms with Crippen LogP contribution < -0.4 is 5.32 Å². The summed E-state index contributed by atoms with van der Waals surface area (Å²) in [5.74, 6) is 0. The van der Waals surface area contributed by atoms with Crippen molar-refractivity contribution >= 4 is 11.3 Å². The fourth-order valence-electron chi connectivity index (χ4n) is 1.98. The molecule has 1 atom stereocenters. The summed E-state index contributed by atoms with van der Waals surface area (Å²) >= 11 is 1.71. The Morgan fingerprint density at radius 1 is 1.44 bits per heavy atom. The first kappa shape index (κ1) is 13.2. The lowest BCUT2D eigenvalue weighted by Gasteiger charge is -2.17. The molecule has 0 aliphatic carbocycles. The number of nitrogens with zero attached hydrogens (tertiary/aromatic N) is 4. The maximum Gasteiger partial charge on any atom is 0.0947 e. The Morgan fingerprint density at radius 2 is 2.28 bits per heavy atom. The quantitative estimate of drug-likeness (QED) is 0.867. The van der Waals surface area contributed by atoms with E-state index >= 15 is 0 Å². The van der Waals surface area contributed by atoms with Gasteiger partial charge in [0.2, 0.25) is 0 Å². The molecule has 0 fully saturated rings. The molecular formula is C12H19N5S. The first-order chi connectivity index (χ1) is 8.74. The van der Waals surface area contributed by atoms with Gasteiger partial charge in [-0.25, -0.2) is 9.67 Å². The van der Waals surface area contributed by atoms with E-state index in [1.165, 1.54) is 0 Å². The summed E-state index contributed by atoms with van der Waals surface area (Å²) < 4.78 is 1.94. The van der Waals surface area contributed by atoms with Crippen LogP contribution in [0.15, 0.2) is 11.6 Å². The van der Waals surface area contributed by atoms with Crippen molar-refractivity contribution in [1.82, 2.24) is 25.3 Å². The van der Waals surface area contributed by atoms with Crippen LogP contribution >= 0.6 is 11.3 Å². The summed E-state index contributed by atoms with van der Waals surface area (Å²) in [5, 5.41) is 14.8. The van der Waals surface area contributed by atoms with Gasteiger partial charge in [-0.1, -0.05) is 12.1 Å². The zero-order valence-electron chi connectivity index (χ0n) is 11.1. The minimum atomic E-state index is 0.232. The van der Waals surface area contributed by atoms with Gasteiger partial charge >= 0.3 is 0 Å². The van der Waals surface area contributed by atoms with Crippen LogP contribution in [0, 0.1) is 6.92 Å². The number of thiazole rings is 1. The van der Waals surface area contributed by atoms with Gasteiger partial charge in [-0.2, -0.15) is 0 Å². The van der Waals surface area contributed by atoms with Crippen molar-refractivity contribution in [2.24, 2.45) is 0 Å². The molecule has 0 spiro atoms. The Kier molecular flexibility index (Phi) is 4.43. The van der Waals surface area contributed by atoms with E-state index in [4.69, 9.17) is 0 Å². The molecule has 2 rings (SSSR count). The third-order valence-electron chi connectivity index (χ3n) is 2.80. The van der Waals surface area contributed by atoms with Gasteiger partial charge in [-0.3, -0.25) is 0 Å². The van der Waals surface area contributed by atoms with Crippen LogP contribution in [0.4, 0.5) is 0 Å². The van der Waals surface area contributed by atoms with Gasteiger partial charge in [-0.05, 0) is 20.4 Å². The summed E-state index contributed by atoms with van der Waals surface area (Å²) in [6, 6.07) is 0.232. The Bertz CT molecular complexity index is 490. The van der Waals surface area contributed by atoms with Crippen LogP contribution in [0.5, 0.6) is 0 Å². The molecule has 0 saturated heterocycles. The Balaban J connectivity index is 2.17. The van der Waals surface area contributed by atoms with Crippen LogP contribution in [0.2, 0.25) is 0 Å². The minimum Gasteiger partial charge on any atom is -0.309 e. The van der Waals surface area contributed by atoms with Crippen LogP contribution in [0.3, 0.4) is 0 Å². The monoisotopic (exact) mass is 265 g/mol. The Morgan fingerprint density at radius 3 is 2.89 bits per heavy atom. The zero-order chi connectivity index (χ0) is 13.0. The Labute approximate surface area is 111 Å². The van der Waals surface area contributed by atoms with Crippen LogP contribution in [-0.4, -0.2) is 26.5 Å². The standard InChI is InChI=1S/C12H19N5S/c1-4-13-10(6-12-15-9(3)8-18-12)11-7-14-16-17(11)5-2/h7-8,10,13H,4-6H2,1-3H3. The maximum atomic E-state index is 4.53. The predicted octanol–water partition coefficient (Wildman–Crippen LogP) is 1.96. The predicted molar refractivity (Wildman–Crippen MR) is 72.7 cm³/mol. The third kappa shape index (κ3) is 2.94. The molecule has 0 aromatic carbocycles. The van der Waals surface area contributed by atoms with Crippen molar-refractivity contribution in [1.29, 1.82) is 0 Å². The molecule has 98 valence electrons. The fourth-order valence-corrected chi connectivity index (χ4v) is 2.80. The van der Waals surface area contributed by atoms with Gasteiger partial charge < -0.3 is 5.32 Å². The van der Waals surface area contributed by atoms with Gasteiger partial charge in [0, 0.05) is 24.0 Å². The van der Waals surface area contributed by atoms with Crippen molar-refractivity contribution in [2.45, 2.75) is 39.8 Å². The molecule has 2 aromatic rings. The number of hydrogen-bond acceptors (Lipinski definition) is 5. The first-order valence-electron chi connectivity index (χ1n) is 6.27. The average molecular weight is 265 g/mol. The summed E-state index contributed by atoms with van der Waals surface area (Å²) in [6.45, 7) is 7.98. The number of aromatic nitrogens is 4. The zero-order valence-corrected chi connectivity index (χ0v) is 11.9. The summed E-state index contributed by atoms with van der Waals surface area (Å²) in [4.78, 5) is 4.53. The fraction of sp³-hybridized carbons (Fsp3) is 0.583. The lowest BCUT2D eigenvalue weighted by molar-refractivity contribution is 0.486. The first-order valence-corrected chi connectivity index (χ1v) is 7.15. The highest BCUT2D eigenvalue weighted by Crippen LogP contribution is 2.20. The molecule has 5 nitrogen and oxygen atoms in total. The van der Waals surface area contributed by atoms with Crippen molar-refractivity contribution in [3.8, 4) is 0 Å². The summed E-state index contributed by atoms with van der Waals surface area (Å²) in [5.41, 5.74) is 2.22. The third-order valence-corrected chi connectivity index (χ3v) is 3.79. The van der Waals surface area contributed by atoms with Crippen LogP contribution in [-0.2, 0) is 13.0 Å². The summed E-state index contributed by atoms with van der Waals surface area (Å²) in [6.07, 6.45) is 2.73. The van der Waals surface area contributed by atoms with Crippen molar-refractivity contribution in [3.05, 3.63) is 28.0 Å². The molecule has 0 aliphatic rings. The lowest BCUT2D eigenvalue weighted by Crippen LogP contribution is -2.25. The second-order valence-electron chi connectivity index (χ2n) is 4.17. The highest BCUT2D eigenvalue weighted by molar-refractivity contribution is 7.09. The lowest BCUT2D eigenvalue weighted by atomic mass is 10.1. The van der Waals surface area contributed by atoms with Gasteiger partial charge in [0.15, 0.2) is 0 Å². The maximum absolute atomic E-state index is 4.53. The van der Waals surface area contributed by atoms with Gasteiger partial charge in [0.25, 0.3) is 0 Å². The number of hydrogen-bond donors (Lipinski definition) is 1. The topological polar surface area (TPSA) is 55.6 Å². The van der Waals surface area contributed by atoms with E-state index in [9.17, 15) is 0 Å². The van der Waals surface area contributed by atoms with E-state index in [1.54, 1.807) is 11.3 Å². The van der Waals surface area contributed by atoms with Gasteiger partial charge in [0.05, 0.1) is 22.9 Å². The van der Waals surface area contributed by atoms with E-state index < -0.39 is 0 Å². The Hall–Kier alpha value is -1.27. The molecular weight excluding hydrogens is 246 g/mol. The van der Waals surface area contributed by atoms with E-state index in [0.717, 1.165) is 35.9 Å². The number of rotatable bonds is 6. The molecule has 0 radical (unpaired) electrons. The van der Waals surface area contributed by atoms with Gasteiger partial charge in [0.1, 0.15) is 0 Å². The number of likely N-dealkylation sites (N-methyl/N-ethyl adjacent to an activating group) is 1. The highest BCUT2D eigenvalue weighted by Gasteiger charge is 2.17. The smallest absolute Gasteiger partial charge is 0.0947 e. The molecule has 0 bridgehead atoms. The average Bonchev–Trinajstić information content (AvgIpc) is 2.97. The number of nitrogens with one attached hydrogen (secondary N) is 1. The van der Waals surface area contributed by atoms with E-state index in [2.05, 4.69) is 39.8 Å². The van der Waals surface area contributed by atoms with Gasteiger partial charge in [-0.15, -0.1) is 16.4 Å². The van der Waals surface area contributed by atoms with Crippen LogP contribution in [0.25, 0.3) is 0 Å². The molecule has 18 heavy (non-hydrogen) atoms. The molecule has 1 unspecified atom stereocenters. The highest BCUT2D eigenvalue weighted by atomic mass is 32.1. The molecule has 2 aromatic heterocycles. The van der Waals surface area contributed by atoms with E-state index in [1.807, 2.05) is 17.8 Å². The molecule has 2 heterocycles. The normalized spacial score (nSPS) is 12.8. The van der Waals surface area contributed by atoms with E-state index in [0.29, 0.717) is 0 Å². The van der Waals surface area contributed by atoms with Crippen molar-refractivity contribution in [2.75, 3.05) is 6.54 Å². The second kappa shape index (κ2) is 6.06. The molecule has 0 amide bonds. The SMILES string of the molecule is CCNC(Cc1nc(C)cs1)c1cnnn1CC. The van der Waals surface area contributed by atoms with E-state index in [-0.39, 0.29) is 6.04 Å². The second-order valence-corrected chi connectivity index (χ2v) is 5.11. The van der Waals surface area contributed by atoms with Crippen molar-refractivity contribution < 1.29 is 0 Å². The number of aryl methyl sites for hydroxylation is 2. The molecule has 0 saturated carbocycles.